The van der Waals surface area contributed by atoms with E-state index in [0.717, 1.165) is 0 Å². The molecule has 24 heavy (non-hydrogen) atoms. The number of amides is 1. The van der Waals surface area contributed by atoms with Crippen LogP contribution < -0.4 is 5.32 Å². The van der Waals surface area contributed by atoms with Crippen molar-refractivity contribution in [1.82, 2.24) is 10.2 Å². The molecule has 0 spiro atoms. The number of aromatic nitrogens is 2. The molecule has 0 aliphatic carbocycles. The van der Waals surface area contributed by atoms with Crippen LogP contribution in [0.4, 0.5) is 10.1 Å². The minimum absolute atomic E-state index is 0.0237. The molecule has 0 unspecified atom stereocenters. The number of fused-ring (bicyclic) bond motifs is 1. The van der Waals surface area contributed by atoms with Gasteiger partial charge in [-0.2, -0.15) is 5.10 Å². The summed E-state index contributed by atoms with van der Waals surface area (Å²) in [6.45, 7) is 1.41. The summed E-state index contributed by atoms with van der Waals surface area (Å²) in [4.78, 5) is 24.2. The number of benzene rings is 2. The van der Waals surface area contributed by atoms with Crippen LogP contribution in [0.5, 0.6) is 0 Å². The van der Waals surface area contributed by atoms with E-state index in [9.17, 15) is 14.0 Å². The Morgan fingerprint density at radius 1 is 1.17 bits per heavy atom. The van der Waals surface area contributed by atoms with Crippen molar-refractivity contribution < 1.29 is 18.7 Å². The number of aromatic amines is 1. The van der Waals surface area contributed by atoms with Gasteiger partial charge in [0.2, 0.25) is 0 Å². The molecule has 0 fully saturated rings. The topological polar surface area (TPSA) is 84.1 Å². The smallest absolute Gasteiger partial charge is 0.360 e. The molecule has 7 heteroatoms. The fraction of sp³-hybridized carbons (Fsp3) is 0.118. The van der Waals surface area contributed by atoms with E-state index in [1.807, 2.05) is 0 Å². The third-order valence-corrected chi connectivity index (χ3v) is 3.45. The lowest BCUT2D eigenvalue weighted by Crippen LogP contribution is -2.30. The highest BCUT2D eigenvalue weighted by Crippen LogP contribution is 2.17. The van der Waals surface area contributed by atoms with Crippen LogP contribution >= 0.6 is 0 Å². The van der Waals surface area contributed by atoms with Gasteiger partial charge in [0.25, 0.3) is 5.91 Å². The molecule has 3 rings (SSSR count). The Hall–Kier alpha value is -3.22. The normalized spacial score (nSPS) is 11.9. The summed E-state index contributed by atoms with van der Waals surface area (Å²) in [6.07, 6.45) is -1.10. The number of carbonyl (C=O) groups excluding carboxylic acids is 2. The Morgan fingerprint density at radius 2 is 1.88 bits per heavy atom. The van der Waals surface area contributed by atoms with Gasteiger partial charge in [0.1, 0.15) is 5.82 Å². The number of ether oxygens (including phenoxy) is 1. The van der Waals surface area contributed by atoms with Gasteiger partial charge in [-0.1, -0.05) is 30.3 Å². The first-order valence-electron chi connectivity index (χ1n) is 7.25. The molecule has 0 bridgehead atoms. The van der Waals surface area contributed by atoms with E-state index in [4.69, 9.17) is 4.74 Å². The van der Waals surface area contributed by atoms with E-state index in [-0.39, 0.29) is 11.4 Å². The van der Waals surface area contributed by atoms with E-state index in [1.165, 1.54) is 25.1 Å². The van der Waals surface area contributed by atoms with Crippen molar-refractivity contribution in [2.45, 2.75) is 13.0 Å². The number of para-hydroxylation sites is 2. The summed E-state index contributed by atoms with van der Waals surface area (Å²) in [5.74, 6) is -1.93. The molecule has 2 aromatic carbocycles. The van der Waals surface area contributed by atoms with Gasteiger partial charge >= 0.3 is 5.97 Å². The number of hydrogen-bond donors (Lipinski definition) is 2. The summed E-state index contributed by atoms with van der Waals surface area (Å²) in [7, 11) is 0. The summed E-state index contributed by atoms with van der Waals surface area (Å²) in [6, 6.07) is 12.8. The van der Waals surface area contributed by atoms with Crippen LogP contribution in [0.3, 0.4) is 0 Å². The lowest BCUT2D eigenvalue weighted by atomic mass is 10.2. The van der Waals surface area contributed by atoms with Gasteiger partial charge in [0.05, 0.1) is 11.2 Å². The molecule has 0 aliphatic rings. The van der Waals surface area contributed by atoms with Crippen LogP contribution in [-0.4, -0.2) is 28.2 Å². The Bertz CT molecular complexity index is 907. The zero-order valence-corrected chi connectivity index (χ0v) is 12.7. The summed E-state index contributed by atoms with van der Waals surface area (Å²) in [5.41, 5.74) is 0.805. The van der Waals surface area contributed by atoms with Crippen molar-refractivity contribution in [2.75, 3.05) is 5.32 Å². The number of H-pyrrole nitrogens is 1. The van der Waals surface area contributed by atoms with Gasteiger partial charge in [-0.15, -0.1) is 0 Å². The average Bonchev–Trinajstić information content (AvgIpc) is 3.01. The molecule has 122 valence electrons. The molecule has 1 amide bonds. The van der Waals surface area contributed by atoms with Crippen molar-refractivity contribution >= 4 is 28.5 Å². The number of anilines is 1. The first-order valence-corrected chi connectivity index (χ1v) is 7.25. The second kappa shape index (κ2) is 6.49. The summed E-state index contributed by atoms with van der Waals surface area (Å²) >= 11 is 0. The molecular weight excluding hydrogens is 313 g/mol. The molecule has 1 aromatic heterocycles. The maximum atomic E-state index is 13.5. The number of carbonyl (C=O) groups is 2. The highest BCUT2D eigenvalue weighted by molar-refractivity contribution is 6.03. The minimum Gasteiger partial charge on any atom is -0.448 e. The number of rotatable bonds is 4. The highest BCUT2D eigenvalue weighted by atomic mass is 19.1. The van der Waals surface area contributed by atoms with Crippen LogP contribution in [-0.2, 0) is 9.53 Å². The van der Waals surface area contributed by atoms with E-state index in [0.29, 0.717) is 10.9 Å². The Labute approximate surface area is 136 Å². The predicted octanol–water partition coefficient (Wildman–Crippen LogP) is 2.89. The van der Waals surface area contributed by atoms with Crippen molar-refractivity contribution in [3.63, 3.8) is 0 Å². The first-order chi connectivity index (χ1) is 11.6. The zero-order valence-electron chi connectivity index (χ0n) is 12.7. The second-order valence-corrected chi connectivity index (χ2v) is 5.13. The average molecular weight is 327 g/mol. The van der Waals surface area contributed by atoms with E-state index >= 15 is 0 Å². The molecule has 1 atom stereocenters. The molecule has 0 aliphatic heterocycles. The zero-order chi connectivity index (χ0) is 17.1. The Morgan fingerprint density at radius 3 is 2.67 bits per heavy atom. The van der Waals surface area contributed by atoms with Crippen LogP contribution in [0.15, 0.2) is 48.5 Å². The van der Waals surface area contributed by atoms with Crippen molar-refractivity contribution in [1.29, 1.82) is 0 Å². The van der Waals surface area contributed by atoms with Gasteiger partial charge < -0.3 is 10.1 Å². The Kier molecular flexibility index (Phi) is 4.24. The third kappa shape index (κ3) is 3.10. The fourth-order valence-corrected chi connectivity index (χ4v) is 2.19. The molecule has 0 radical (unpaired) electrons. The van der Waals surface area contributed by atoms with Crippen LogP contribution in [0.1, 0.15) is 17.4 Å². The van der Waals surface area contributed by atoms with Crippen LogP contribution in [0, 0.1) is 5.82 Å². The molecule has 2 N–H and O–H groups in total. The van der Waals surface area contributed by atoms with Crippen LogP contribution in [0.25, 0.3) is 10.9 Å². The lowest BCUT2D eigenvalue weighted by molar-refractivity contribution is -0.123. The maximum Gasteiger partial charge on any atom is 0.360 e. The number of hydrogen-bond acceptors (Lipinski definition) is 4. The SMILES string of the molecule is C[C@@H](OC(=O)c1n[nH]c2ccccc12)C(=O)Nc1ccccc1F. The largest absolute Gasteiger partial charge is 0.448 e. The first kappa shape index (κ1) is 15.7. The minimum atomic E-state index is -1.10. The lowest BCUT2D eigenvalue weighted by Gasteiger charge is -2.13. The second-order valence-electron chi connectivity index (χ2n) is 5.13. The fourth-order valence-electron chi connectivity index (χ4n) is 2.19. The molecular formula is C17H14FN3O3. The summed E-state index contributed by atoms with van der Waals surface area (Å²) < 4.78 is 18.7. The van der Waals surface area contributed by atoms with Gasteiger partial charge in [-0.3, -0.25) is 9.89 Å². The maximum absolute atomic E-state index is 13.5. The van der Waals surface area contributed by atoms with Crippen LogP contribution in [0.2, 0.25) is 0 Å². The monoisotopic (exact) mass is 327 g/mol. The van der Waals surface area contributed by atoms with Crippen molar-refractivity contribution in [3.8, 4) is 0 Å². The summed E-state index contributed by atoms with van der Waals surface area (Å²) in [5, 5.41) is 9.61. The van der Waals surface area contributed by atoms with Crippen molar-refractivity contribution in [2.24, 2.45) is 0 Å². The quantitative estimate of drug-likeness (QED) is 0.722. The van der Waals surface area contributed by atoms with Gasteiger partial charge in [0, 0.05) is 5.39 Å². The van der Waals surface area contributed by atoms with Gasteiger partial charge in [-0.05, 0) is 25.1 Å². The predicted molar refractivity (Wildman–Crippen MR) is 86.0 cm³/mol. The van der Waals surface area contributed by atoms with Crippen molar-refractivity contribution in [3.05, 3.63) is 60.0 Å². The number of esters is 1. The van der Waals surface area contributed by atoms with E-state index in [2.05, 4.69) is 15.5 Å². The van der Waals surface area contributed by atoms with E-state index < -0.39 is 23.8 Å². The van der Waals surface area contributed by atoms with Gasteiger partial charge in [-0.25, -0.2) is 9.18 Å². The number of halogens is 1. The molecule has 1 heterocycles. The molecule has 0 saturated carbocycles. The third-order valence-electron chi connectivity index (χ3n) is 3.45. The molecule has 3 aromatic rings. The number of nitrogens with one attached hydrogen (secondary N) is 2. The number of nitrogens with zero attached hydrogens (tertiary/aromatic N) is 1. The molecule has 0 saturated heterocycles. The highest BCUT2D eigenvalue weighted by Gasteiger charge is 2.22. The van der Waals surface area contributed by atoms with E-state index in [1.54, 1.807) is 30.3 Å². The standard InChI is InChI=1S/C17H14FN3O3/c1-10(16(22)19-14-9-5-3-7-12(14)18)24-17(23)15-11-6-2-4-8-13(11)20-21-15/h2-10H,1H3,(H,19,22)(H,20,21)/t10-/m1/s1. The molecule has 6 nitrogen and oxygen atoms in total. The Balaban J connectivity index is 1.70. The van der Waals surface area contributed by atoms with Gasteiger partial charge in [0.15, 0.2) is 11.8 Å².